The molecule has 0 amide bonds. The monoisotopic (exact) mass is 430 g/mol. The molecule has 1 spiro atoms. The molecule has 0 heterocycles. The zero-order valence-electron chi connectivity index (χ0n) is 17.5. The van der Waals surface area contributed by atoms with E-state index in [0.717, 1.165) is 10.8 Å². The molecular formula is C30H19ClO. The predicted octanol–water partition coefficient (Wildman–Crippen LogP) is 7.85. The van der Waals surface area contributed by atoms with Crippen LogP contribution in [-0.2, 0) is 5.41 Å². The van der Waals surface area contributed by atoms with E-state index >= 15 is 0 Å². The molecule has 0 saturated heterocycles. The molecule has 2 heteroatoms. The fourth-order valence-electron chi connectivity index (χ4n) is 6.05. The highest BCUT2D eigenvalue weighted by Gasteiger charge is 2.52. The van der Waals surface area contributed by atoms with Gasteiger partial charge in [-0.1, -0.05) is 84.4 Å². The van der Waals surface area contributed by atoms with Gasteiger partial charge in [0.2, 0.25) is 0 Å². The number of rotatable bonds is 1. The summed E-state index contributed by atoms with van der Waals surface area (Å²) in [7, 11) is 1.72. The first kappa shape index (κ1) is 18.1. The Morgan fingerprint density at radius 3 is 2.00 bits per heavy atom. The van der Waals surface area contributed by atoms with Crippen LogP contribution in [0.2, 0.25) is 5.02 Å². The van der Waals surface area contributed by atoms with E-state index in [2.05, 4.69) is 91.0 Å². The standard InChI is InChI=1S/C30H19ClO/c1-32-20-12-15-21-18(16-20)10-13-25-24-14-11-19(31)17-28(24)30(29(21)25)26-8-4-2-6-22(26)23-7-3-5-9-27(23)30/h2-17H,1H3. The van der Waals surface area contributed by atoms with Crippen molar-refractivity contribution in [3.63, 3.8) is 0 Å². The molecule has 0 radical (unpaired) electrons. The van der Waals surface area contributed by atoms with Crippen molar-refractivity contribution in [3.05, 3.63) is 124 Å². The van der Waals surface area contributed by atoms with Gasteiger partial charge >= 0.3 is 0 Å². The smallest absolute Gasteiger partial charge is 0.119 e. The minimum absolute atomic E-state index is 0.392. The highest BCUT2D eigenvalue weighted by molar-refractivity contribution is 6.31. The largest absolute Gasteiger partial charge is 0.497 e. The molecule has 0 aromatic heterocycles. The van der Waals surface area contributed by atoms with Gasteiger partial charge in [0, 0.05) is 5.02 Å². The summed E-state index contributed by atoms with van der Waals surface area (Å²) in [5.41, 5.74) is 10.00. The third kappa shape index (κ3) is 2.05. The lowest BCUT2D eigenvalue weighted by Gasteiger charge is -2.31. The van der Waals surface area contributed by atoms with Crippen molar-refractivity contribution in [3.8, 4) is 28.0 Å². The predicted molar refractivity (Wildman–Crippen MR) is 132 cm³/mol. The second kappa shape index (κ2) is 6.25. The lowest BCUT2D eigenvalue weighted by atomic mass is 9.69. The maximum atomic E-state index is 6.62. The van der Waals surface area contributed by atoms with Crippen molar-refractivity contribution < 1.29 is 4.74 Å². The molecule has 5 aromatic carbocycles. The van der Waals surface area contributed by atoms with E-state index in [9.17, 15) is 0 Å². The summed E-state index contributed by atoms with van der Waals surface area (Å²) in [6.45, 7) is 0. The van der Waals surface area contributed by atoms with Crippen molar-refractivity contribution in [2.24, 2.45) is 0 Å². The van der Waals surface area contributed by atoms with E-state index in [1.54, 1.807) is 7.11 Å². The number of hydrogen-bond acceptors (Lipinski definition) is 1. The highest BCUT2D eigenvalue weighted by Crippen LogP contribution is 2.64. The van der Waals surface area contributed by atoms with E-state index in [-0.39, 0.29) is 0 Å². The van der Waals surface area contributed by atoms with Crippen LogP contribution in [0, 0.1) is 0 Å². The molecular weight excluding hydrogens is 412 g/mol. The average Bonchev–Trinajstić information content (AvgIpc) is 3.30. The van der Waals surface area contributed by atoms with Crippen LogP contribution in [0.4, 0.5) is 0 Å². The summed E-state index contributed by atoms with van der Waals surface area (Å²) in [5.74, 6) is 0.872. The van der Waals surface area contributed by atoms with Gasteiger partial charge in [-0.15, -0.1) is 0 Å². The van der Waals surface area contributed by atoms with Gasteiger partial charge < -0.3 is 4.74 Å². The number of halogens is 1. The van der Waals surface area contributed by atoms with Gasteiger partial charge in [-0.25, -0.2) is 0 Å². The van der Waals surface area contributed by atoms with Gasteiger partial charge in [0.15, 0.2) is 0 Å². The van der Waals surface area contributed by atoms with Crippen LogP contribution in [-0.4, -0.2) is 7.11 Å². The van der Waals surface area contributed by atoms with Gasteiger partial charge in [-0.05, 0) is 79.5 Å². The molecule has 152 valence electrons. The van der Waals surface area contributed by atoms with E-state index < -0.39 is 5.41 Å². The van der Waals surface area contributed by atoms with Crippen LogP contribution in [0.1, 0.15) is 22.3 Å². The zero-order valence-corrected chi connectivity index (χ0v) is 18.3. The van der Waals surface area contributed by atoms with Crippen LogP contribution in [0.25, 0.3) is 33.0 Å². The Morgan fingerprint density at radius 2 is 1.28 bits per heavy atom. The Balaban J connectivity index is 1.74. The van der Waals surface area contributed by atoms with Crippen LogP contribution < -0.4 is 4.74 Å². The van der Waals surface area contributed by atoms with Crippen molar-refractivity contribution in [2.45, 2.75) is 5.41 Å². The molecule has 1 nitrogen and oxygen atoms in total. The normalized spacial score (nSPS) is 14.2. The second-order valence-electron chi connectivity index (χ2n) is 8.61. The Hall–Kier alpha value is -3.55. The summed E-state index contributed by atoms with van der Waals surface area (Å²) in [4.78, 5) is 0. The lowest BCUT2D eigenvalue weighted by molar-refractivity contribution is 0.415. The van der Waals surface area contributed by atoms with Crippen LogP contribution in [0.15, 0.2) is 97.1 Å². The highest BCUT2D eigenvalue weighted by atomic mass is 35.5. The summed E-state index contributed by atoms with van der Waals surface area (Å²) in [6.07, 6.45) is 0. The van der Waals surface area contributed by atoms with Gasteiger partial charge in [0.25, 0.3) is 0 Å². The molecule has 0 atom stereocenters. The molecule has 2 aliphatic carbocycles. The molecule has 0 bridgehead atoms. The number of benzene rings is 5. The molecule has 0 fully saturated rings. The average molecular weight is 431 g/mol. The molecule has 0 unspecified atom stereocenters. The molecule has 0 saturated carbocycles. The van der Waals surface area contributed by atoms with Gasteiger partial charge in [0.1, 0.15) is 5.75 Å². The Morgan fingerprint density at radius 1 is 0.625 bits per heavy atom. The van der Waals surface area contributed by atoms with Crippen molar-refractivity contribution in [1.82, 2.24) is 0 Å². The van der Waals surface area contributed by atoms with Gasteiger partial charge in [-0.3, -0.25) is 0 Å². The van der Waals surface area contributed by atoms with Crippen molar-refractivity contribution in [1.29, 1.82) is 0 Å². The fraction of sp³-hybridized carbons (Fsp3) is 0.0667. The quantitative estimate of drug-likeness (QED) is 0.257. The Labute approximate surface area is 191 Å². The van der Waals surface area contributed by atoms with E-state index in [0.29, 0.717) is 0 Å². The van der Waals surface area contributed by atoms with Gasteiger partial charge in [0.05, 0.1) is 12.5 Å². The summed E-state index contributed by atoms with van der Waals surface area (Å²) in [5, 5.41) is 3.20. The number of ether oxygens (including phenoxy) is 1. The minimum atomic E-state index is -0.392. The third-order valence-corrected chi connectivity index (χ3v) is 7.47. The fourth-order valence-corrected chi connectivity index (χ4v) is 6.23. The van der Waals surface area contributed by atoms with Gasteiger partial charge in [-0.2, -0.15) is 0 Å². The molecule has 2 aliphatic rings. The lowest BCUT2D eigenvalue weighted by Crippen LogP contribution is -2.26. The van der Waals surface area contributed by atoms with E-state index in [1.165, 1.54) is 55.3 Å². The van der Waals surface area contributed by atoms with Crippen LogP contribution >= 0.6 is 11.6 Å². The topological polar surface area (TPSA) is 9.23 Å². The van der Waals surface area contributed by atoms with E-state index in [4.69, 9.17) is 16.3 Å². The number of hydrogen-bond donors (Lipinski definition) is 0. The number of fused-ring (bicyclic) bond motifs is 12. The SMILES string of the molecule is COc1ccc2c3c(ccc2c1)-c1ccc(Cl)cc1C31c2ccccc2-c2ccccc21. The molecule has 7 rings (SSSR count). The first-order valence-corrected chi connectivity index (χ1v) is 11.2. The van der Waals surface area contributed by atoms with Crippen molar-refractivity contribution in [2.75, 3.05) is 7.11 Å². The molecule has 32 heavy (non-hydrogen) atoms. The van der Waals surface area contributed by atoms with Crippen molar-refractivity contribution >= 4 is 22.4 Å². The minimum Gasteiger partial charge on any atom is -0.497 e. The summed E-state index contributed by atoms with van der Waals surface area (Å²) in [6, 6.07) is 34.9. The maximum absolute atomic E-state index is 6.62. The Bertz CT molecular complexity index is 1530. The molecule has 0 N–H and O–H groups in total. The zero-order chi connectivity index (χ0) is 21.4. The van der Waals surface area contributed by atoms with E-state index in [1.807, 2.05) is 6.07 Å². The third-order valence-electron chi connectivity index (χ3n) is 7.23. The second-order valence-corrected chi connectivity index (χ2v) is 9.04. The van der Waals surface area contributed by atoms with Crippen LogP contribution in [0.5, 0.6) is 5.75 Å². The van der Waals surface area contributed by atoms with Crippen LogP contribution in [0.3, 0.4) is 0 Å². The number of methoxy groups -OCH3 is 1. The first-order valence-electron chi connectivity index (χ1n) is 10.8. The maximum Gasteiger partial charge on any atom is 0.119 e. The summed E-state index contributed by atoms with van der Waals surface area (Å²) >= 11 is 6.62. The molecule has 0 aliphatic heterocycles. The Kier molecular flexibility index (Phi) is 3.53. The summed E-state index contributed by atoms with van der Waals surface area (Å²) < 4.78 is 5.53. The first-order chi connectivity index (χ1) is 15.7. The molecule has 5 aromatic rings.